The topological polar surface area (TPSA) is 0 Å². The standard InChI is InChI=1S/C2H5.2Hg/c1-2;;/h1H2,2H3;;. The summed E-state index contributed by atoms with van der Waals surface area (Å²) in [5.74, 6) is 0. The smallest absolute Gasteiger partial charge is 0 e. The third-order valence-electron chi connectivity index (χ3n) is 0. The number of hydrogen-bond donors (Lipinski definition) is 0. The quantitative estimate of drug-likeness (QED) is 0.500. The summed E-state index contributed by atoms with van der Waals surface area (Å²) >= 11 is 0. The first-order chi connectivity index (χ1) is 1.00. The van der Waals surface area contributed by atoms with E-state index in [4.69, 9.17) is 0 Å². The monoisotopic (exact) mass is 433 g/mol. The molecule has 0 atom stereocenters. The zero-order chi connectivity index (χ0) is 2.00. The van der Waals surface area contributed by atoms with Crippen LogP contribution in [0.25, 0.3) is 0 Å². The Kier molecular flexibility index (Phi) is 88.1. The van der Waals surface area contributed by atoms with E-state index in [1.807, 2.05) is 0 Å². The average molecular weight is 430 g/mol. The van der Waals surface area contributed by atoms with Gasteiger partial charge in [0.1, 0.15) is 0 Å². The minimum absolute atomic E-state index is 0. The first-order valence-electron chi connectivity index (χ1n) is 0.707. The molecule has 0 nitrogen and oxygen atoms in total. The van der Waals surface area contributed by atoms with Crippen LogP contribution in [0.4, 0.5) is 0 Å². The molecule has 0 aromatic carbocycles. The molecule has 0 fully saturated rings. The molecule has 0 bridgehead atoms. The van der Waals surface area contributed by atoms with Crippen LogP contribution in [-0.4, -0.2) is 0 Å². The molecule has 2 heteroatoms. The molecular weight excluding hydrogens is 425 g/mol. The molecule has 0 amide bonds. The molecule has 0 heterocycles. The van der Waals surface area contributed by atoms with Crippen LogP contribution in [0.15, 0.2) is 0 Å². The van der Waals surface area contributed by atoms with Crippen LogP contribution in [0.2, 0.25) is 0 Å². The van der Waals surface area contributed by atoms with Crippen LogP contribution >= 0.6 is 0 Å². The average Bonchev–Trinajstić information content (AvgIpc) is 1.00. The van der Waals surface area contributed by atoms with Gasteiger partial charge in [-0.3, -0.25) is 0 Å². The second-order valence-corrected chi connectivity index (χ2v) is 0. The van der Waals surface area contributed by atoms with Crippen molar-refractivity contribution >= 4 is 0 Å². The Balaban J connectivity index is -0.00000000500. The Hall–Kier alpha value is 1.87. The normalized spacial score (nSPS) is 1.50. The predicted molar refractivity (Wildman–Crippen MR) is 11.0 cm³/mol. The van der Waals surface area contributed by atoms with Crippen LogP contribution in [0.1, 0.15) is 6.92 Å². The summed E-state index contributed by atoms with van der Waals surface area (Å²) in [6.07, 6.45) is 0. The molecule has 0 aliphatic carbocycles. The molecular formula is C2H5Hg2. The Morgan fingerprint density at radius 3 is 1.00 bits per heavy atom. The van der Waals surface area contributed by atoms with Gasteiger partial charge in [0.2, 0.25) is 0 Å². The SMILES string of the molecule is [CH2]C.[Hg].[Hg]. The van der Waals surface area contributed by atoms with E-state index in [1.165, 1.54) is 0 Å². The zero-order valence-electron chi connectivity index (χ0n) is 3.12. The van der Waals surface area contributed by atoms with Gasteiger partial charge in [-0.25, -0.2) is 0 Å². The van der Waals surface area contributed by atoms with E-state index in [9.17, 15) is 0 Å². The molecule has 0 rings (SSSR count). The van der Waals surface area contributed by atoms with Crippen molar-refractivity contribution in [2.45, 2.75) is 6.92 Å². The maximum Gasteiger partial charge on any atom is 0 e. The summed E-state index contributed by atoms with van der Waals surface area (Å²) < 4.78 is 0. The van der Waals surface area contributed by atoms with Crippen molar-refractivity contribution in [1.82, 2.24) is 0 Å². The summed E-state index contributed by atoms with van der Waals surface area (Å²) in [5, 5.41) is 0. The third kappa shape index (κ3) is 9.12. The molecule has 0 aromatic rings. The Morgan fingerprint density at radius 2 is 1.00 bits per heavy atom. The first kappa shape index (κ1) is 16.9. The van der Waals surface area contributed by atoms with Crippen molar-refractivity contribution in [3.63, 3.8) is 0 Å². The van der Waals surface area contributed by atoms with Gasteiger partial charge in [0.25, 0.3) is 0 Å². The summed E-state index contributed by atoms with van der Waals surface area (Å²) in [5.41, 5.74) is 0. The van der Waals surface area contributed by atoms with Crippen molar-refractivity contribution in [1.29, 1.82) is 0 Å². The van der Waals surface area contributed by atoms with E-state index in [0.29, 0.717) is 0 Å². The van der Waals surface area contributed by atoms with Gasteiger partial charge in [-0.15, -0.1) is 0 Å². The van der Waals surface area contributed by atoms with E-state index in [2.05, 4.69) is 6.92 Å². The second-order valence-electron chi connectivity index (χ2n) is 0. The van der Waals surface area contributed by atoms with Crippen molar-refractivity contribution in [2.24, 2.45) is 0 Å². The van der Waals surface area contributed by atoms with Crippen LogP contribution in [0.5, 0.6) is 0 Å². The largest absolute Gasteiger partial charge is 0.0654 e. The van der Waals surface area contributed by atoms with Gasteiger partial charge < -0.3 is 0 Å². The van der Waals surface area contributed by atoms with Gasteiger partial charge in [0.15, 0.2) is 0 Å². The molecule has 0 saturated carbocycles. The van der Waals surface area contributed by atoms with Gasteiger partial charge >= 0.3 is 0 Å². The molecule has 0 spiro atoms. The van der Waals surface area contributed by atoms with Crippen LogP contribution in [0, 0.1) is 6.92 Å². The van der Waals surface area contributed by atoms with Crippen molar-refractivity contribution < 1.29 is 55.3 Å². The maximum absolute atomic E-state index is 3.25. The van der Waals surface area contributed by atoms with Gasteiger partial charge in [-0.05, 0) is 0 Å². The summed E-state index contributed by atoms with van der Waals surface area (Å²) in [4.78, 5) is 0. The first-order valence-corrected chi connectivity index (χ1v) is 0.707. The summed E-state index contributed by atoms with van der Waals surface area (Å²) in [6.45, 7) is 5.00. The minimum Gasteiger partial charge on any atom is -0.0654 e. The van der Waals surface area contributed by atoms with E-state index in [1.54, 1.807) is 6.92 Å². The van der Waals surface area contributed by atoms with Crippen LogP contribution in [0.3, 0.4) is 0 Å². The van der Waals surface area contributed by atoms with E-state index >= 15 is 0 Å². The van der Waals surface area contributed by atoms with Gasteiger partial charge in [0.05, 0.1) is 0 Å². The van der Waals surface area contributed by atoms with E-state index < -0.39 is 0 Å². The molecule has 1 radical (unpaired) electrons. The third-order valence-corrected chi connectivity index (χ3v) is 0. The van der Waals surface area contributed by atoms with Crippen LogP contribution in [-0.2, 0) is 55.3 Å². The molecule has 0 N–H and O–H groups in total. The number of hydrogen-bond acceptors (Lipinski definition) is 0. The minimum atomic E-state index is 0. The van der Waals surface area contributed by atoms with E-state index in [-0.39, 0.29) is 55.3 Å². The summed E-state index contributed by atoms with van der Waals surface area (Å²) in [6, 6.07) is 0. The van der Waals surface area contributed by atoms with Crippen LogP contribution < -0.4 is 0 Å². The molecule has 0 aromatic heterocycles. The van der Waals surface area contributed by atoms with Gasteiger partial charge in [-0.2, -0.15) is 0 Å². The molecule has 4 heavy (non-hydrogen) atoms. The van der Waals surface area contributed by atoms with Crippen molar-refractivity contribution in [2.75, 3.05) is 0 Å². The van der Waals surface area contributed by atoms with E-state index in [0.717, 1.165) is 0 Å². The van der Waals surface area contributed by atoms with Crippen molar-refractivity contribution in [3.05, 3.63) is 6.92 Å². The molecule has 17 valence electrons. The number of rotatable bonds is 0. The fraction of sp³-hybridized carbons (Fsp3) is 0.500. The maximum atomic E-state index is 3.25. The van der Waals surface area contributed by atoms with Gasteiger partial charge in [-0.1, -0.05) is 13.8 Å². The Bertz CT molecular complexity index is 4.00. The second kappa shape index (κ2) is 20.9. The fourth-order valence-corrected chi connectivity index (χ4v) is 0. The Morgan fingerprint density at radius 1 is 1.00 bits per heavy atom. The molecule has 0 unspecified atom stereocenters. The summed E-state index contributed by atoms with van der Waals surface area (Å²) in [7, 11) is 0. The van der Waals surface area contributed by atoms with Gasteiger partial charge in [0, 0.05) is 55.3 Å². The zero-order valence-corrected chi connectivity index (χ0v) is 14.1. The Labute approximate surface area is 68.4 Å². The molecule has 0 saturated heterocycles. The molecule has 0 aliphatic heterocycles. The predicted octanol–water partition coefficient (Wildman–Crippen LogP) is 0.835. The fourth-order valence-electron chi connectivity index (χ4n) is 0. The van der Waals surface area contributed by atoms with Crippen molar-refractivity contribution in [3.8, 4) is 0 Å². The molecule has 0 aliphatic rings.